The Bertz CT molecular complexity index is 3240. The fourth-order valence-electron chi connectivity index (χ4n) is 7.59. The molecule has 11 nitrogen and oxygen atoms in total. The van der Waals surface area contributed by atoms with Crippen molar-refractivity contribution < 1.29 is 38.9 Å². The minimum Gasteiger partial charge on any atom is -0.478 e. The summed E-state index contributed by atoms with van der Waals surface area (Å²) in [6.45, 7) is 2.10. The molecule has 3 N–H and O–H groups in total. The summed E-state index contributed by atoms with van der Waals surface area (Å²) in [6, 6.07) is 34.6. The highest BCUT2D eigenvalue weighted by atomic mass is 35.5. The van der Waals surface area contributed by atoms with Crippen LogP contribution in [0, 0.1) is 5.92 Å². The minimum absolute atomic E-state index is 0.140. The lowest BCUT2D eigenvalue weighted by molar-refractivity contribution is 0.0599. The molecule has 0 aliphatic carbocycles. The maximum Gasteiger partial charge on any atom is 0.338 e. The third-order valence-electron chi connectivity index (χ3n) is 11.4. The third-order valence-corrected chi connectivity index (χ3v) is 14.7. The molecule has 6 aromatic carbocycles. The Kier molecular flexibility index (Phi) is 16.1. The van der Waals surface area contributed by atoms with Crippen LogP contribution in [0.25, 0.3) is 65.9 Å². The van der Waals surface area contributed by atoms with E-state index in [1.165, 1.54) is 41.9 Å². The molecule has 1 aliphatic rings. The van der Waals surface area contributed by atoms with Crippen LogP contribution in [0.15, 0.2) is 132 Å². The van der Waals surface area contributed by atoms with E-state index in [4.69, 9.17) is 61.0 Å². The number of carboxylic acids is 2. The number of methoxy groups -OCH3 is 1. The maximum absolute atomic E-state index is 12.6. The number of halogens is 4. The molecule has 8 aromatic rings. The molecule has 0 atom stereocenters. The number of aromatic nitrogens is 2. The minimum atomic E-state index is -1.04. The topological polar surface area (TPSA) is 165 Å². The molecule has 1 saturated heterocycles. The van der Waals surface area contributed by atoms with Crippen molar-refractivity contribution in [3.8, 4) is 65.9 Å². The molecule has 0 unspecified atom stereocenters. The molecule has 0 saturated carbocycles. The Morgan fingerprint density at radius 3 is 1.51 bits per heavy atom. The summed E-state index contributed by atoms with van der Waals surface area (Å²) in [7, 11) is 1.32. The Morgan fingerprint density at radius 1 is 0.586 bits per heavy atom. The number of thiazole rings is 2. The van der Waals surface area contributed by atoms with Crippen LogP contribution in [-0.4, -0.2) is 70.9 Å². The number of hydrogen-bond donors (Lipinski definition) is 3. The normalized spacial score (nSPS) is 12.4. The summed E-state index contributed by atoms with van der Waals surface area (Å²) < 4.78 is 10.3. The number of benzene rings is 6. The zero-order chi connectivity index (χ0) is 49.5. The van der Waals surface area contributed by atoms with Crippen LogP contribution in [0.1, 0.15) is 54.3 Å². The number of amides is 1. The largest absolute Gasteiger partial charge is 0.478 e. The average molecular weight is 1050 g/mol. The van der Waals surface area contributed by atoms with Gasteiger partial charge in [-0.1, -0.05) is 107 Å². The van der Waals surface area contributed by atoms with E-state index in [9.17, 15) is 24.3 Å². The van der Waals surface area contributed by atoms with E-state index in [0.717, 1.165) is 59.1 Å². The second-order valence-corrected chi connectivity index (χ2v) is 19.2. The zero-order valence-corrected chi connectivity index (χ0v) is 41.5. The smallest absolute Gasteiger partial charge is 0.338 e. The highest BCUT2D eigenvalue weighted by Gasteiger charge is 2.20. The van der Waals surface area contributed by atoms with Gasteiger partial charge in [-0.3, -0.25) is 4.79 Å². The van der Waals surface area contributed by atoms with Crippen molar-refractivity contribution in [1.29, 1.82) is 0 Å². The Labute approximate surface area is 430 Å². The number of esters is 1. The van der Waals surface area contributed by atoms with Gasteiger partial charge in [0, 0.05) is 58.3 Å². The number of hydrogen-bond acceptors (Lipinski definition) is 10. The first-order valence-corrected chi connectivity index (χ1v) is 24.8. The molecule has 70 heavy (non-hydrogen) atoms. The summed E-state index contributed by atoms with van der Waals surface area (Å²) in [6.07, 6.45) is 1.90. The Balaban J connectivity index is 0.000000191. The van der Waals surface area contributed by atoms with Gasteiger partial charge in [-0.25, -0.2) is 24.4 Å². The van der Waals surface area contributed by atoms with Gasteiger partial charge in [0.1, 0.15) is 10.0 Å². The van der Waals surface area contributed by atoms with Gasteiger partial charge in [-0.15, -0.1) is 22.7 Å². The summed E-state index contributed by atoms with van der Waals surface area (Å²) in [4.78, 5) is 57.7. The van der Waals surface area contributed by atoms with Crippen molar-refractivity contribution in [2.24, 2.45) is 5.92 Å². The van der Waals surface area contributed by atoms with Crippen LogP contribution in [0.3, 0.4) is 0 Å². The fourth-order valence-corrected chi connectivity index (χ4v) is 9.83. The first-order chi connectivity index (χ1) is 33.8. The summed E-state index contributed by atoms with van der Waals surface area (Å²) in [5, 5.41) is 29.1. The summed E-state index contributed by atoms with van der Waals surface area (Å²) >= 11 is 27.1. The van der Waals surface area contributed by atoms with Crippen LogP contribution in [0.4, 0.5) is 0 Å². The second-order valence-electron chi connectivity index (χ2n) is 15.9. The molecule has 0 bridgehead atoms. The SMILES string of the molecule is COC(=O)c1cc(-c2nc(-c3ccc(Cl)c(Cl)c3)cs2)ccc1-c1ccc(C(=O)O)cc1.O=C(NCC1CCOCC1)c1ccc(-c2ccc(-c3nc(-c4ccc(Cl)c(Cl)c4)cs3)cc2C(=O)O)cc1. The monoisotopic (exact) mass is 1050 g/mol. The first-order valence-electron chi connectivity index (χ1n) is 21.5. The number of rotatable bonds is 12. The lowest BCUT2D eigenvalue weighted by atomic mass is 9.96. The summed E-state index contributed by atoms with van der Waals surface area (Å²) in [5.74, 6) is -2.26. The maximum atomic E-state index is 12.6. The molecule has 17 heteroatoms. The van der Waals surface area contributed by atoms with Gasteiger partial charge in [0.05, 0.1) is 55.3 Å². The Hall–Kier alpha value is -6.42. The quantitative estimate of drug-likeness (QED) is 0.100. The van der Waals surface area contributed by atoms with Crippen molar-refractivity contribution in [3.63, 3.8) is 0 Å². The highest BCUT2D eigenvalue weighted by molar-refractivity contribution is 7.13. The van der Waals surface area contributed by atoms with E-state index >= 15 is 0 Å². The predicted octanol–water partition coefficient (Wildman–Crippen LogP) is 14.2. The molecule has 0 radical (unpaired) electrons. The molecule has 354 valence electrons. The average Bonchev–Trinajstić information content (AvgIpc) is 4.09. The molecular formula is C53H39Cl4N3O8S2. The molecule has 1 amide bonds. The number of carbonyl (C=O) groups is 4. The van der Waals surface area contributed by atoms with Gasteiger partial charge in [-0.05, 0) is 102 Å². The molecule has 9 rings (SSSR count). The van der Waals surface area contributed by atoms with E-state index in [-0.39, 0.29) is 17.0 Å². The molecule has 2 aromatic heterocycles. The van der Waals surface area contributed by atoms with E-state index < -0.39 is 17.9 Å². The first kappa shape index (κ1) is 50.0. The van der Waals surface area contributed by atoms with Crippen molar-refractivity contribution in [1.82, 2.24) is 15.3 Å². The Morgan fingerprint density at radius 2 is 1.04 bits per heavy atom. The van der Waals surface area contributed by atoms with Crippen LogP contribution in [0.5, 0.6) is 0 Å². The van der Waals surface area contributed by atoms with E-state index in [1.807, 2.05) is 35.0 Å². The number of ether oxygens (including phenoxy) is 2. The van der Waals surface area contributed by atoms with Gasteiger partial charge in [-0.2, -0.15) is 0 Å². The lowest BCUT2D eigenvalue weighted by Crippen LogP contribution is -2.32. The fraction of sp³-hybridized carbons (Fsp3) is 0.132. The van der Waals surface area contributed by atoms with E-state index in [2.05, 4.69) is 15.3 Å². The molecule has 1 aliphatic heterocycles. The van der Waals surface area contributed by atoms with Gasteiger partial charge >= 0.3 is 17.9 Å². The standard InChI is InChI=1S/C29H24Cl2N2O4S.C24H15Cl2NO4S/c30-24-8-6-20(14-25(24)31)26-16-38-28(33-26)21-5-7-22(23(13-21)29(35)36)18-1-3-19(4-2-18)27(34)32-15-17-9-11-37-12-10-17;1-31-24(30)18-10-16(6-8-17(18)13-2-4-14(5-3-13)23(28)29)22-27-21(12-32-22)15-7-9-19(25)20(26)11-15/h1-8,13-14,16-17H,9-12,15H2,(H,32,34)(H,35,36);2-12H,1H3,(H,28,29). The number of nitrogens with one attached hydrogen (secondary N) is 1. The van der Waals surface area contributed by atoms with Crippen molar-refractivity contribution in [2.45, 2.75) is 12.8 Å². The number of nitrogens with zero attached hydrogens (tertiary/aromatic N) is 2. The number of carbonyl (C=O) groups excluding carboxylic acids is 2. The number of aromatic carboxylic acids is 2. The predicted molar refractivity (Wildman–Crippen MR) is 278 cm³/mol. The molecule has 0 spiro atoms. The molecular weight excluding hydrogens is 1010 g/mol. The number of carboxylic acid groups (broad SMARTS) is 2. The van der Waals surface area contributed by atoms with E-state index in [1.54, 1.807) is 84.9 Å². The van der Waals surface area contributed by atoms with Gasteiger partial charge in [0.25, 0.3) is 5.91 Å². The van der Waals surface area contributed by atoms with Crippen LogP contribution < -0.4 is 5.32 Å². The van der Waals surface area contributed by atoms with E-state index in [0.29, 0.717) is 76.5 Å². The van der Waals surface area contributed by atoms with Crippen LogP contribution in [0.2, 0.25) is 20.1 Å². The van der Waals surface area contributed by atoms with Crippen LogP contribution in [-0.2, 0) is 9.47 Å². The highest BCUT2D eigenvalue weighted by Crippen LogP contribution is 2.37. The van der Waals surface area contributed by atoms with Crippen LogP contribution >= 0.6 is 69.1 Å². The van der Waals surface area contributed by atoms with Gasteiger partial charge in [0.2, 0.25) is 0 Å². The van der Waals surface area contributed by atoms with Gasteiger partial charge < -0.3 is 25.0 Å². The van der Waals surface area contributed by atoms with Crippen molar-refractivity contribution >= 4 is 92.9 Å². The summed E-state index contributed by atoms with van der Waals surface area (Å²) in [5.41, 5.74) is 8.45. The van der Waals surface area contributed by atoms with Crippen molar-refractivity contribution in [3.05, 3.63) is 174 Å². The van der Waals surface area contributed by atoms with Crippen molar-refractivity contribution in [2.75, 3.05) is 26.9 Å². The molecule has 1 fully saturated rings. The molecule has 3 heterocycles. The van der Waals surface area contributed by atoms with Gasteiger partial charge in [0.15, 0.2) is 0 Å². The lowest BCUT2D eigenvalue weighted by Gasteiger charge is -2.22. The third kappa shape index (κ3) is 11.8. The second kappa shape index (κ2) is 22.6. The zero-order valence-electron chi connectivity index (χ0n) is 36.9.